The van der Waals surface area contributed by atoms with E-state index in [1.165, 1.54) is 23.8 Å². The molecule has 11 heteroatoms. The number of carbonyl (C=O) groups is 1. The fourth-order valence-corrected chi connectivity index (χ4v) is 6.04. The van der Waals surface area contributed by atoms with Crippen LogP contribution in [0.3, 0.4) is 0 Å². The lowest BCUT2D eigenvalue weighted by atomic mass is 10.0. The molecule has 0 unspecified atom stereocenters. The molecule has 1 aliphatic carbocycles. The van der Waals surface area contributed by atoms with Crippen LogP contribution in [0.1, 0.15) is 36.4 Å². The number of alkyl halides is 3. The van der Waals surface area contributed by atoms with Crippen LogP contribution < -0.4 is 10.2 Å². The molecule has 2 aliphatic heterocycles. The number of amides is 2. The van der Waals surface area contributed by atoms with Gasteiger partial charge in [-0.2, -0.15) is 13.2 Å². The first-order chi connectivity index (χ1) is 18.6. The van der Waals surface area contributed by atoms with E-state index in [1.54, 1.807) is 0 Å². The molecule has 3 aliphatic rings. The van der Waals surface area contributed by atoms with E-state index in [0.717, 1.165) is 50.4 Å². The Balaban J connectivity index is 1.30. The SMILES string of the molecule is Cc1cc(I)c(NC(=O)N2CC=C(CC(F)(F)F)C2)cc1-c1cc(N2CCOCC2)c2nc(C3CC3)cn2c1. The van der Waals surface area contributed by atoms with E-state index in [4.69, 9.17) is 9.72 Å². The quantitative estimate of drug-likeness (QED) is 0.258. The summed E-state index contributed by atoms with van der Waals surface area (Å²) in [6, 6.07) is 5.73. The number of hydrogen-bond donors (Lipinski definition) is 1. The third-order valence-corrected chi connectivity index (χ3v) is 8.37. The Kier molecular flexibility index (Phi) is 6.98. The zero-order valence-corrected chi connectivity index (χ0v) is 23.7. The molecular weight excluding hydrogens is 622 g/mol. The third-order valence-electron chi connectivity index (χ3n) is 7.47. The van der Waals surface area contributed by atoms with Gasteiger partial charge in [-0.25, -0.2) is 9.78 Å². The Hall–Kier alpha value is -2.80. The Morgan fingerprint density at radius 3 is 2.67 bits per heavy atom. The largest absolute Gasteiger partial charge is 0.392 e. The minimum Gasteiger partial charge on any atom is -0.378 e. The number of rotatable bonds is 5. The van der Waals surface area contributed by atoms with Crippen LogP contribution in [0.15, 0.2) is 42.2 Å². The highest BCUT2D eigenvalue weighted by Gasteiger charge is 2.32. The van der Waals surface area contributed by atoms with Crippen molar-refractivity contribution in [1.29, 1.82) is 0 Å². The van der Waals surface area contributed by atoms with Gasteiger partial charge >= 0.3 is 12.2 Å². The molecule has 0 atom stereocenters. The van der Waals surface area contributed by atoms with E-state index in [2.05, 4.69) is 55.7 Å². The van der Waals surface area contributed by atoms with Crippen LogP contribution in [-0.2, 0) is 4.74 Å². The molecule has 206 valence electrons. The van der Waals surface area contributed by atoms with Crippen molar-refractivity contribution in [3.63, 3.8) is 0 Å². The minimum atomic E-state index is -4.28. The van der Waals surface area contributed by atoms with Crippen molar-refractivity contribution in [2.45, 2.75) is 38.3 Å². The molecular formula is C28H29F3IN5O2. The van der Waals surface area contributed by atoms with Gasteiger partial charge in [-0.1, -0.05) is 6.08 Å². The average Bonchev–Trinajstić information content (AvgIpc) is 3.49. The number of ether oxygens (including phenoxy) is 1. The molecule has 4 heterocycles. The molecule has 1 saturated heterocycles. The number of imidazole rings is 1. The lowest BCUT2D eigenvalue weighted by Crippen LogP contribution is -2.36. The van der Waals surface area contributed by atoms with E-state index in [0.29, 0.717) is 24.8 Å². The molecule has 39 heavy (non-hydrogen) atoms. The van der Waals surface area contributed by atoms with Crippen molar-refractivity contribution in [2.24, 2.45) is 0 Å². The maximum atomic E-state index is 13.0. The number of urea groups is 1. The second kappa shape index (κ2) is 10.3. The molecule has 2 fully saturated rings. The van der Waals surface area contributed by atoms with Crippen LogP contribution in [-0.4, -0.2) is 65.9 Å². The Bertz CT molecular complexity index is 1460. The Morgan fingerprint density at radius 1 is 1.18 bits per heavy atom. The molecule has 1 saturated carbocycles. The summed E-state index contributed by atoms with van der Waals surface area (Å²) in [5.41, 5.74) is 7.00. The summed E-state index contributed by atoms with van der Waals surface area (Å²) in [7, 11) is 0. The smallest absolute Gasteiger partial charge is 0.378 e. The van der Waals surface area contributed by atoms with Gasteiger partial charge in [0.1, 0.15) is 0 Å². The van der Waals surface area contributed by atoms with Crippen LogP contribution in [0, 0.1) is 10.5 Å². The van der Waals surface area contributed by atoms with Crippen molar-refractivity contribution in [3.8, 4) is 11.1 Å². The maximum absolute atomic E-state index is 13.0. The van der Waals surface area contributed by atoms with Gasteiger partial charge in [0.25, 0.3) is 0 Å². The number of morpholine rings is 1. The van der Waals surface area contributed by atoms with Crippen LogP contribution in [0.25, 0.3) is 16.8 Å². The molecule has 0 spiro atoms. The van der Waals surface area contributed by atoms with Crippen LogP contribution in [0.5, 0.6) is 0 Å². The molecule has 0 bridgehead atoms. The van der Waals surface area contributed by atoms with E-state index in [1.807, 2.05) is 19.1 Å². The van der Waals surface area contributed by atoms with Gasteiger partial charge < -0.3 is 24.3 Å². The monoisotopic (exact) mass is 651 g/mol. The lowest BCUT2D eigenvalue weighted by molar-refractivity contribution is -0.127. The fraction of sp³-hybridized carbons (Fsp3) is 0.429. The van der Waals surface area contributed by atoms with Crippen molar-refractivity contribution >= 4 is 45.6 Å². The number of nitrogens with one attached hydrogen (secondary N) is 1. The summed E-state index contributed by atoms with van der Waals surface area (Å²) >= 11 is 2.18. The minimum absolute atomic E-state index is 0.0236. The molecule has 2 amide bonds. The Morgan fingerprint density at radius 2 is 1.95 bits per heavy atom. The summed E-state index contributed by atoms with van der Waals surface area (Å²) in [5, 5.41) is 2.93. The number of benzene rings is 1. The average molecular weight is 651 g/mol. The summed E-state index contributed by atoms with van der Waals surface area (Å²) in [6.07, 6.45) is 2.78. The number of pyridine rings is 1. The third kappa shape index (κ3) is 5.74. The standard InChI is InChI=1S/C28H29F3IN5O2/c1-17-10-22(32)23(34-27(38)36-5-4-18(14-36)13-28(29,30)31)12-21(17)20-11-25(35-6-8-39-9-7-35)26-33-24(19-2-3-19)16-37(26)15-20/h4,10-12,15-16,19H,2-3,5-9,13-14H2,1H3,(H,34,38). The van der Waals surface area contributed by atoms with Crippen LogP contribution >= 0.6 is 22.6 Å². The normalized spacial score (nSPS) is 18.1. The fourth-order valence-electron chi connectivity index (χ4n) is 5.29. The lowest BCUT2D eigenvalue weighted by Gasteiger charge is -2.29. The number of aryl methyl sites for hydroxylation is 1. The van der Waals surface area contributed by atoms with Gasteiger partial charge in [0, 0.05) is 53.6 Å². The number of anilines is 2. The summed E-state index contributed by atoms with van der Waals surface area (Å²) in [6.45, 7) is 5.10. The predicted octanol–water partition coefficient (Wildman–Crippen LogP) is 6.35. The number of halogens is 4. The van der Waals surface area contributed by atoms with Gasteiger partial charge in [0.05, 0.1) is 36.7 Å². The zero-order chi connectivity index (χ0) is 27.3. The second-order valence-corrected chi connectivity index (χ2v) is 11.7. The molecule has 7 nitrogen and oxygen atoms in total. The summed E-state index contributed by atoms with van der Waals surface area (Å²) in [5.74, 6) is 0.532. The topological polar surface area (TPSA) is 62.1 Å². The van der Waals surface area contributed by atoms with Gasteiger partial charge in [-0.15, -0.1) is 0 Å². The first kappa shape index (κ1) is 26.4. The maximum Gasteiger partial charge on any atom is 0.392 e. The van der Waals surface area contributed by atoms with E-state index in [-0.39, 0.29) is 18.7 Å². The number of carbonyl (C=O) groups excluding carboxylic acids is 1. The van der Waals surface area contributed by atoms with E-state index < -0.39 is 18.6 Å². The van der Waals surface area contributed by atoms with Gasteiger partial charge in [0.2, 0.25) is 0 Å². The molecule has 3 aromatic rings. The van der Waals surface area contributed by atoms with Gasteiger partial charge in [-0.3, -0.25) is 0 Å². The highest BCUT2D eigenvalue weighted by Crippen LogP contribution is 2.41. The first-order valence-electron chi connectivity index (χ1n) is 13.1. The highest BCUT2D eigenvalue weighted by atomic mass is 127. The molecule has 1 aromatic carbocycles. The molecule has 1 N–H and O–H groups in total. The number of nitrogens with zero attached hydrogens (tertiary/aromatic N) is 4. The molecule has 6 rings (SSSR count). The van der Waals surface area contributed by atoms with E-state index >= 15 is 0 Å². The Labute approximate surface area is 238 Å². The second-order valence-electron chi connectivity index (χ2n) is 10.5. The zero-order valence-electron chi connectivity index (χ0n) is 21.5. The predicted molar refractivity (Wildman–Crippen MR) is 152 cm³/mol. The van der Waals surface area contributed by atoms with Crippen LogP contribution in [0.2, 0.25) is 0 Å². The summed E-state index contributed by atoms with van der Waals surface area (Å²) < 4.78 is 46.9. The number of aromatic nitrogens is 2. The van der Waals surface area contributed by atoms with Crippen molar-refractivity contribution in [3.05, 3.63) is 57.1 Å². The van der Waals surface area contributed by atoms with E-state index in [9.17, 15) is 18.0 Å². The van der Waals surface area contributed by atoms with Crippen molar-refractivity contribution < 1.29 is 22.7 Å². The van der Waals surface area contributed by atoms with Gasteiger partial charge in [0.15, 0.2) is 5.65 Å². The molecule has 2 aromatic heterocycles. The van der Waals surface area contributed by atoms with Crippen molar-refractivity contribution in [1.82, 2.24) is 14.3 Å². The highest BCUT2D eigenvalue weighted by molar-refractivity contribution is 14.1. The summed E-state index contributed by atoms with van der Waals surface area (Å²) in [4.78, 5) is 21.7. The number of fused-ring (bicyclic) bond motifs is 1. The number of hydrogen-bond acceptors (Lipinski definition) is 4. The first-order valence-corrected chi connectivity index (χ1v) is 14.2. The van der Waals surface area contributed by atoms with Crippen LogP contribution in [0.4, 0.5) is 29.3 Å². The van der Waals surface area contributed by atoms with Gasteiger partial charge in [-0.05, 0) is 77.3 Å². The van der Waals surface area contributed by atoms with Crippen molar-refractivity contribution in [2.75, 3.05) is 49.6 Å². The molecule has 0 radical (unpaired) electrons.